The van der Waals surface area contributed by atoms with Crippen molar-refractivity contribution in [1.82, 2.24) is 4.90 Å². The van der Waals surface area contributed by atoms with Crippen LogP contribution in [0.4, 0.5) is 0 Å². The average Bonchev–Trinajstić information content (AvgIpc) is 2.88. The summed E-state index contributed by atoms with van der Waals surface area (Å²) >= 11 is 5.81. The molecular weight excluding hydrogens is 294 g/mol. The molecule has 1 aromatic rings. The first kappa shape index (κ1) is 15.8. The van der Waals surface area contributed by atoms with E-state index in [9.17, 15) is 14.7 Å². The van der Waals surface area contributed by atoms with Gasteiger partial charge in [-0.2, -0.15) is 0 Å². The minimum atomic E-state index is -0.982. The van der Waals surface area contributed by atoms with E-state index in [0.29, 0.717) is 18.0 Å². The Labute approximate surface area is 128 Å². The summed E-state index contributed by atoms with van der Waals surface area (Å²) in [5.74, 6) is -0.984. The molecule has 1 heterocycles. The number of carbonyl (C=O) groups is 2. The number of carbonyl (C=O) groups excluding carboxylic acids is 1. The summed E-state index contributed by atoms with van der Waals surface area (Å²) in [4.78, 5) is 25.3. The first-order valence-electron chi connectivity index (χ1n) is 6.71. The summed E-state index contributed by atoms with van der Waals surface area (Å²) in [6.07, 6.45) is 0.669. The highest BCUT2D eigenvalue weighted by atomic mass is 35.5. The molecule has 1 fully saturated rings. The number of nitrogens with zero attached hydrogens (tertiary/aromatic N) is 1. The van der Waals surface area contributed by atoms with Crippen LogP contribution in [0.5, 0.6) is 0 Å². The van der Waals surface area contributed by atoms with Crippen LogP contribution in [0, 0.1) is 5.41 Å². The Morgan fingerprint density at radius 1 is 1.38 bits per heavy atom. The van der Waals surface area contributed by atoms with Gasteiger partial charge in [-0.1, -0.05) is 23.7 Å². The first-order valence-corrected chi connectivity index (χ1v) is 7.09. The molecule has 21 heavy (non-hydrogen) atoms. The lowest BCUT2D eigenvalue weighted by atomic mass is 9.88. The Balaban J connectivity index is 2.01. The number of methoxy groups -OCH3 is 1. The molecular formula is C15H18ClNO4. The summed E-state index contributed by atoms with van der Waals surface area (Å²) in [5.41, 5.74) is -0.117. The monoisotopic (exact) mass is 311 g/mol. The topological polar surface area (TPSA) is 66.8 Å². The highest BCUT2D eigenvalue weighted by Crippen LogP contribution is 2.31. The van der Waals surface area contributed by atoms with Gasteiger partial charge in [0.1, 0.15) is 5.41 Å². The number of aliphatic carboxylic acids is 1. The number of ether oxygens (including phenoxy) is 1. The van der Waals surface area contributed by atoms with E-state index in [1.165, 1.54) is 7.11 Å². The molecule has 1 atom stereocenters. The van der Waals surface area contributed by atoms with E-state index in [1.807, 2.05) is 0 Å². The molecule has 0 aromatic heterocycles. The van der Waals surface area contributed by atoms with Crippen LogP contribution in [0.15, 0.2) is 24.3 Å². The van der Waals surface area contributed by atoms with Gasteiger partial charge in [0.15, 0.2) is 0 Å². The lowest BCUT2D eigenvalue weighted by Gasteiger charge is -2.23. The molecule has 0 radical (unpaired) electrons. The summed E-state index contributed by atoms with van der Waals surface area (Å²) in [6.45, 7) is 0.762. The molecule has 1 N–H and O–H groups in total. The van der Waals surface area contributed by atoms with E-state index in [4.69, 9.17) is 16.3 Å². The highest BCUT2D eigenvalue weighted by Gasteiger charge is 2.46. The van der Waals surface area contributed by atoms with Crippen LogP contribution in [0.25, 0.3) is 0 Å². The third-order valence-electron chi connectivity index (χ3n) is 3.85. The molecule has 0 bridgehead atoms. The zero-order valence-corrected chi connectivity index (χ0v) is 12.6. The van der Waals surface area contributed by atoms with E-state index in [-0.39, 0.29) is 25.5 Å². The van der Waals surface area contributed by atoms with Crippen LogP contribution in [0.1, 0.15) is 12.0 Å². The van der Waals surface area contributed by atoms with Crippen LogP contribution in [-0.4, -0.2) is 48.7 Å². The Bertz CT molecular complexity index is 531. The maximum Gasteiger partial charge on any atom is 0.313 e. The number of carboxylic acids is 1. The van der Waals surface area contributed by atoms with Gasteiger partial charge in [0.05, 0.1) is 13.0 Å². The normalized spacial score (nSPS) is 21.5. The number of benzene rings is 1. The van der Waals surface area contributed by atoms with Gasteiger partial charge in [-0.3, -0.25) is 9.59 Å². The van der Waals surface area contributed by atoms with E-state index in [1.54, 1.807) is 29.2 Å². The fourth-order valence-electron chi connectivity index (χ4n) is 2.60. The third-order valence-corrected chi connectivity index (χ3v) is 4.10. The molecule has 0 aliphatic carbocycles. The molecule has 6 heteroatoms. The number of halogens is 1. The van der Waals surface area contributed by atoms with Crippen molar-refractivity contribution in [3.63, 3.8) is 0 Å². The van der Waals surface area contributed by atoms with Crippen molar-refractivity contribution in [2.24, 2.45) is 5.41 Å². The molecule has 1 aliphatic heterocycles. The smallest absolute Gasteiger partial charge is 0.313 e. The molecule has 1 unspecified atom stereocenters. The van der Waals surface area contributed by atoms with Crippen molar-refractivity contribution in [1.29, 1.82) is 0 Å². The minimum absolute atomic E-state index is 0.0726. The third kappa shape index (κ3) is 3.54. The molecule has 0 spiro atoms. The van der Waals surface area contributed by atoms with E-state index in [0.717, 1.165) is 5.56 Å². The molecule has 2 rings (SSSR count). The molecule has 1 amide bonds. The van der Waals surface area contributed by atoms with Gasteiger partial charge in [0, 0.05) is 25.2 Å². The van der Waals surface area contributed by atoms with Crippen molar-refractivity contribution < 1.29 is 19.4 Å². The van der Waals surface area contributed by atoms with Crippen molar-refractivity contribution in [3.8, 4) is 0 Å². The van der Waals surface area contributed by atoms with Gasteiger partial charge >= 0.3 is 5.97 Å². The van der Waals surface area contributed by atoms with Gasteiger partial charge in [0.25, 0.3) is 0 Å². The van der Waals surface area contributed by atoms with Crippen LogP contribution in [0.2, 0.25) is 5.02 Å². The predicted molar refractivity (Wildman–Crippen MR) is 78.3 cm³/mol. The maximum atomic E-state index is 12.3. The van der Waals surface area contributed by atoms with Gasteiger partial charge in [-0.15, -0.1) is 0 Å². The van der Waals surface area contributed by atoms with Gasteiger partial charge in [-0.05, 0) is 24.1 Å². The van der Waals surface area contributed by atoms with E-state index >= 15 is 0 Å². The van der Waals surface area contributed by atoms with Crippen LogP contribution < -0.4 is 0 Å². The molecule has 1 aliphatic rings. The van der Waals surface area contributed by atoms with Crippen molar-refractivity contribution >= 4 is 23.5 Å². The first-order chi connectivity index (χ1) is 9.97. The largest absolute Gasteiger partial charge is 0.481 e. The molecule has 1 saturated heterocycles. The second-order valence-corrected chi connectivity index (χ2v) is 5.82. The summed E-state index contributed by atoms with van der Waals surface area (Å²) in [6, 6.07) is 7.08. The number of hydrogen-bond acceptors (Lipinski definition) is 3. The molecule has 114 valence electrons. The highest BCUT2D eigenvalue weighted by molar-refractivity contribution is 6.30. The van der Waals surface area contributed by atoms with E-state index < -0.39 is 11.4 Å². The van der Waals surface area contributed by atoms with Gasteiger partial charge in [0.2, 0.25) is 5.91 Å². The molecule has 5 nitrogen and oxygen atoms in total. The van der Waals surface area contributed by atoms with Crippen LogP contribution in [-0.2, 0) is 20.7 Å². The predicted octanol–water partition coefficient (Wildman–Crippen LogP) is 1.83. The number of rotatable bonds is 5. The lowest BCUT2D eigenvalue weighted by Crippen LogP contribution is -2.40. The zero-order valence-electron chi connectivity index (χ0n) is 11.8. The van der Waals surface area contributed by atoms with Crippen molar-refractivity contribution in [3.05, 3.63) is 34.9 Å². The number of likely N-dealkylation sites (tertiary alicyclic amines) is 1. The fraction of sp³-hybridized carbons (Fsp3) is 0.467. The van der Waals surface area contributed by atoms with Gasteiger partial charge < -0.3 is 14.7 Å². The van der Waals surface area contributed by atoms with Crippen LogP contribution >= 0.6 is 11.6 Å². The minimum Gasteiger partial charge on any atom is -0.481 e. The SMILES string of the molecule is COCC1(C(=O)O)CCN(C(=O)Cc2ccc(Cl)cc2)C1. The zero-order chi connectivity index (χ0) is 15.5. The van der Waals surface area contributed by atoms with Crippen molar-refractivity contribution in [2.75, 3.05) is 26.8 Å². The van der Waals surface area contributed by atoms with Crippen molar-refractivity contribution in [2.45, 2.75) is 12.8 Å². The molecule has 1 aromatic carbocycles. The number of amides is 1. The van der Waals surface area contributed by atoms with Gasteiger partial charge in [-0.25, -0.2) is 0 Å². The Morgan fingerprint density at radius 3 is 2.62 bits per heavy atom. The number of hydrogen-bond donors (Lipinski definition) is 1. The lowest BCUT2D eigenvalue weighted by molar-refractivity contribution is -0.151. The Hall–Kier alpha value is -1.59. The quantitative estimate of drug-likeness (QED) is 0.901. The number of carboxylic acid groups (broad SMARTS) is 1. The fourth-order valence-corrected chi connectivity index (χ4v) is 2.73. The standard InChI is InChI=1S/C15H18ClNO4/c1-21-10-15(14(19)20)6-7-17(9-15)13(18)8-11-2-4-12(16)5-3-11/h2-5H,6-10H2,1H3,(H,19,20). The average molecular weight is 312 g/mol. The maximum absolute atomic E-state index is 12.3. The Morgan fingerprint density at radius 2 is 2.05 bits per heavy atom. The second-order valence-electron chi connectivity index (χ2n) is 5.39. The Kier molecular flexibility index (Phi) is 4.85. The second kappa shape index (κ2) is 6.45. The molecule has 0 saturated carbocycles. The summed E-state index contributed by atoms with van der Waals surface area (Å²) in [7, 11) is 1.48. The van der Waals surface area contributed by atoms with Crippen LogP contribution in [0.3, 0.4) is 0 Å². The summed E-state index contributed by atoms with van der Waals surface area (Å²) < 4.78 is 5.02. The van der Waals surface area contributed by atoms with E-state index in [2.05, 4.69) is 0 Å². The summed E-state index contributed by atoms with van der Waals surface area (Å²) in [5, 5.41) is 10.0.